The van der Waals surface area contributed by atoms with Crippen LogP contribution in [0.2, 0.25) is 0 Å². The highest BCUT2D eigenvalue weighted by molar-refractivity contribution is 5.91. The summed E-state index contributed by atoms with van der Waals surface area (Å²) in [5.41, 5.74) is 1.75. The summed E-state index contributed by atoms with van der Waals surface area (Å²) in [6.45, 7) is 4.07. The van der Waals surface area contributed by atoms with E-state index in [1.807, 2.05) is 25.1 Å². The summed E-state index contributed by atoms with van der Waals surface area (Å²) in [6.07, 6.45) is 1.79. The summed E-state index contributed by atoms with van der Waals surface area (Å²) >= 11 is 0. The molecule has 0 spiro atoms. The molecule has 0 aliphatic carbocycles. The molecule has 1 aromatic heterocycles. The number of aromatic nitrogens is 1. The number of nitrogens with one attached hydrogen (secondary N) is 1. The van der Waals surface area contributed by atoms with Gasteiger partial charge in [0.25, 0.3) is 0 Å². The molecule has 138 valence electrons. The fourth-order valence-corrected chi connectivity index (χ4v) is 3.32. The van der Waals surface area contributed by atoms with Gasteiger partial charge in [0.1, 0.15) is 5.82 Å². The van der Waals surface area contributed by atoms with E-state index in [2.05, 4.69) is 15.2 Å². The van der Waals surface area contributed by atoms with Gasteiger partial charge in [-0.05, 0) is 56.1 Å². The zero-order chi connectivity index (χ0) is 18.5. The fourth-order valence-electron chi connectivity index (χ4n) is 3.32. The Morgan fingerprint density at radius 2 is 2.23 bits per heavy atom. The second-order valence-electron chi connectivity index (χ2n) is 6.70. The van der Waals surface area contributed by atoms with Crippen molar-refractivity contribution in [1.82, 2.24) is 9.88 Å². The second kappa shape index (κ2) is 8.27. The molecule has 26 heavy (non-hydrogen) atoms. The van der Waals surface area contributed by atoms with Crippen LogP contribution in [-0.4, -0.2) is 36.0 Å². The van der Waals surface area contributed by atoms with Crippen LogP contribution < -0.4 is 10.1 Å². The largest absolute Gasteiger partial charge is 0.494 e. The number of benzene rings is 1. The summed E-state index contributed by atoms with van der Waals surface area (Å²) in [5, 5.41) is 2.91. The molecule has 1 amide bonds. The standard InChI is InChI=1S/C20H24FN3O2/c1-14-5-3-7-19(22-14)23-20(25)16-6-4-10-24(13-16)12-15-8-9-18(26-2)17(21)11-15/h3,5,7-9,11,16H,4,6,10,12-13H2,1-2H3,(H,22,23,25). The summed E-state index contributed by atoms with van der Waals surface area (Å²) in [7, 11) is 1.45. The van der Waals surface area contributed by atoms with Gasteiger partial charge >= 0.3 is 0 Å². The number of carbonyl (C=O) groups excluding carboxylic acids is 1. The summed E-state index contributed by atoms with van der Waals surface area (Å²) < 4.78 is 18.8. The molecule has 5 nitrogen and oxygen atoms in total. The van der Waals surface area contributed by atoms with Crippen LogP contribution in [0.5, 0.6) is 5.75 Å². The molecule has 1 saturated heterocycles. The molecule has 6 heteroatoms. The van der Waals surface area contributed by atoms with Crippen molar-refractivity contribution in [2.24, 2.45) is 5.92 Å². The number of anilines is 1. The first kappa shape index (κ1) is 18.3. The summed E-state index contributed by atoms with van der Waals surface area (Å²) in [4.78, 5) is 19.1. The maximum absolute atomic E-state index is 13.9. The normalized spacial score (nSPS) is 17.7. The molecular formula is C20H24FN3O2. The van der Waals surface area contributed by atoms with E-state index in [-0.39, 0.29) is 23.4 Å². The number of rotatable bonds is 5. The van der Waals surface area contributed by atoms with E-state index in [0.717, 1.165) is 30.6 Å². The van der Waals surface area contributed by atoms with Crippen molar-refractivity contribution in [2.75, 3.05) is 25.5 Å². The number of methoxy groups -OCH3 is 1. The third-order valence-electron chi connectivity index (χ3n) is 4.64. The molecule has 0 radical (unpaired) electrons. The minimum atomic E-state index is -0.359. The quantitative estimate of drug-likeness (QED) is 0.891. The van der Waals surface area contributed by atoms with Crippen LogP contribution in [0.15, 0.2) is 36.4 Å². The second-order valence-corrected chi connectivity index (χ2v) is 6.70. The molecule has 0 saturated carbocycles. The summed E-state index contributed by atoms with van der Waals surface area (Å²) in [6, 6.07) is 10.6. The van der Waals surface area contributed by atoms with Gasteiger partial charge in [-0.3, -0.25) is 9.69 Å². The number of likely N-dealkylation sites (tertiary alicyclic amines) is 1. The molecule has 1 atom stereocenters. The highest BCUT2D eigenvalue weighted by Crippen LogP contribution is 2.22. The van der Waals surface area contributed by atoms with Crippen LogP contribution in [0.25, 0.3) is 0 Å². The molecule has 1 N–H and O–H groups in total. The zero-order valence-corrected chi connectivity index (χ0v) is 15.2. The average Bonchev–Trinajstić information content (AvgIpc) is 2.62. The van der Waals surface area contributed by atoms with E-state index in [4.69, 9.17) is 4.74 Å². The minimum absolute atomic E-state index is 0.00582. The molecule has 1 fully saturated rings. The van der Waals surface area contributed by atoms with Gasteiger partial charge in [-0.1, -0.05) is 12.1 Å². The van der Waals surface area contributed by atoms with Crippen molar-refractivity contribution in [3.05, 3.63) is 53.5 Å². The van der Waals surface area contributed by atoms with Gasteiger partial charge in [0, 0.05) is 18.8 Å². The van der Waals surface area contributed by atoms with Crippen molar-refractivity contribution in [3.8, 4) is 5.75 Å². The molecule has 3 rings (SSSR count). The molecule has 1 aromatic carbocycles. The number of amides is 1. The van der Waals surface area contributed by atoms with Crippen LogP contribution in [0, 0.1) is 18.7 Å². The Hall–Kier alpha value is -2.47. The first-order valence-electron chi connectivity index (χ1n) is 8.84. The van der Waals surface area contributed by atoms with Crippen molar-refractivity contribution in [1.29, 1.82) is 0 Å². The Labute approximate surface area is 153 Å². The lowest BCUT2D eigenvalue weighted by Gasteiger charge is -2.32. The number of ether oxygens (including phenoxy) is 1. The third kappa shape index (κ3) is 4.58. The van der Waals surface area contributed by atoms with E-state index in [9.17, 15) is 9.18 Å². The highest BCUT2D eigenvalue weighted by Gasteiger charge is 2.26. The van der Waals surface area contributed by atoms with Crippen LogP contribution in [0.4, 0.5) is 10.2 Å². The maximum Gasteiger partial charge on any atom is 0.229 e. The van der Waals surface area contributed by atoms with E-state index >= 15 is 0 Å². The number of hydrogen-bond donors (Lipinski definition) is 1. The first-order valence-corrected chi connectivity index (χ1v) is 8.84. The Kier molecular flexibility index (Phi) is 5.83. The van der Waals surface area contributed by atoms with Crippen molar-refractivity contribution < 1.29 is 13.9 Å². The van der Waals surface area contributed by atoms with Crippen molar-refractivity contribution >= 4 is 11.7 Å². The summed E-state index contributed by atoms with van der Waals surface area (Å²) in [5.74, 6) is 0.379. The molecular weight excluding hydrogens is 333 g/mol. The van der Waals surface area contributed by atoms with E-state index in [1.54, 1.807) is 12.1 Å². The zero-order valence-electron chi connectivity index (χ0n) is 15.2. The molecule has 2 heterocycles. The monoisotopic (exact) mass is 357 g/mol. The van der Waals surface area contributed by atoms with Crippen LogP contribution in [0.3, 0.4) is 0 Å². The fraction of sp³-hybridized carbons (Fsp3) is 0.400. The predicted molar refractivity (Wildman–Crippen MR) is 98.6 cm³/mol. The van der Waals surface area contributed by atoms with E-state index in [0.29, 0.717) is 18.9 Å². The van der Waals surface area contributed by atoms with E-state index in [1.165, 1.54) is 13.2 Å². The lowest BCUT2D eigenvalue weighted by atomic mass is 9.96. The number of piperidine rings is 1. The number of aryl methyl sites for hydroxylation is 1. The smallest absolute Gasteiger partial charge is 0.229 e. The third-order valence-corrected chi connectivity index (χ3v) is 4.64. The number of carbonyl (C=O) groups is 1. The highest BCUT2D eigenvalue weighted by atomic mass is 19.1. The van der Waals surface area contributed by atoms with Gasteiger partial charge in [-0.25, -0.2) is 9.37 Å². The number of nitrogens with zero attached hydrogens (tertiary/aromatic N) is 2. The van der Waals surface area contributed by atoms with Gasteiger partial charge in [0.05, 0.1) is 13.0 Å². The molecule has 2 aromatic rings. The van der Waals surface area contributed by atoms with Crippen LogP contribution in [0.1, 0.15) is 24.1 Å². The predicted octanol–water partition coefficient (Wildman–Crippen LogP) is 3.39. The topological polar surface area (TPSA) is 54.5 Å². The number of halogens is 1. The lowest BCUT2D eigenvalue weighted by molar-refractivity contribution is -0.121. The van der Waals surface area contributed by atoms with Gasteiger partial charge in [-0.2, -0.15) is 0 Å². The van der Waals surface area contributed by atoms with Crippen LogP contribution in [-0.2, 0) is 11.3 Å². The molecule has 1 unspecified atom stereocenters. The number of hydrogen-bond acceptors (Lipinski definition) is 4. The minimum Gasteiger partial charge on any atom is -0.494 e. The Balaban J connectivity index is 1.60. The van der Waals surface area contributed by atoms with Crippen molar-refractivity contribution in [2.45, 2.75) is 26.3 Å². The van der Waals surface area contributed by atoms with Gasteiger partial charge in [0.2, 0.25) is 5.91 Å². The number of pyridine rings is 1. The van der Waals surface area contributed by atoms with E-state index < -0.39 is 0 Å². The van der Waals surface area contributed by atoms with Crippen LogP contribution >= 0.6 is 0 Å². The lowest BCUT2D eigenvalue weighted by Crippen LogP contribution is -2.40. The Morgan fingerprint density at radius 3 is 2.96 bits per heavy atom. The first-order chi connectivity index (χ1) is 12.5. The van der Waals surface area contributed by atoms with Gasteiger partial charge in [0.15, 0.2) is 11.6 Å². The van der Waals surface area contributed by atoms with Gasteiger partial charge < -0.3 is 10.1 Å². The SMILES string of the molecule is COc1ccc(CN2CCCC(C(=O)Nc3cccc(C)n3)C2)cc1F. The molecule has 0 bridgehead atoms. The maximum atomic E-state index is 13.9. The molecule has 1 aliphatic heterocycles. The van der Waals surface area contributed by atoms with Crippen molar-refractivity contribution in [3.63, 3.8) is 0 Å². The Morgan fingerprint density at radius 1 is 1.38 bits per heavy atom. The molecule has 1 aliphatic rings. The van der Waals surface area contributed by atoms with Gasteiger partial charge in [-0.15, -0.1) is 0 Å². The Bertz CT molecular complexity index is 781. The average molecular weight is 357 g/mol.